The van der Waals surface area contributed by atoms with Gasteiger partial charge in [-0.1, -0.05) is 6.42 Å². The summed E-state index contributed by atoms with van der Waals surface area (Å²) in [5.74, 6) is 2.48. The smallest absolute Gasteiger partial charge is 0.137 e. The van der Waals surface area contributed by atoms with Crippen molar-refractivity contribution in [1.82, 2.24) is 4.90 Å². The van der Waals surface area contributed by atoms with Crippen molar-refractivity contribution in [2.45, 2.75) is 62.6 Å². The molecule has 3 aliphatic rings. The Morgan fingerprint density at radius 2 is 2.05 bits per heavy atom. The molecule has 0 saturated carbocycles. The molecule has 3 fully saturated rings. The highest BCUT2D eigenvalue weighted by Gasteiger charge is 2.42. The van der Waals surface area contributed by atoms with Gasteiger partial charge in [-0.25, -0.2) is 0 Å². The summed E-state index contributed by atoms with van der Waals surface area (Å²) in [6, 6.07) is 0.749. The zero-order valence-electron chi connectivity index (χ0n) is 11.7. The molecule has 0 aromatic heterocycles. The van der Waals surface area contributed by atoms with Crippen LogP contribution in [0, 0.1) is 0 Å². The fourth-order valence-corrected chi connectivity index (χ4v) is 5.19. The molecule has 3 heterocycles. The minimum atomic E-state index is 0.138. The molecule has 19 heavy (non-hydrogen) atoms. The first-order valence-corrected chi connectivity index (χ1v) is 8.91. The van der Waals surface area contributed by atoms with Crippen molar-refractivity contribution >= 4 is 18.0 Å². The second kappa shape index (κ2) is 6.15. The van der Waals surface area contributed by atoms with E-state index < -0.39 is 0 Å². The summed E-state index contributed by atoms with van der Waals surface area (Å²) < 4.78 is 6.17. The molecule has 2 atom stereocenters. The van der Waals surface area contributed by atoms with Crippen molar-refractivity contribution in [3.05, 3.63) is 0 Å². The van der Waals surface area contributed by atoms with Crippen LogP contribution in [-0.4, -0.2) is 53.5 Å². The SMILES string of the molecule is O=CC1CCCCN1C1CCOC2(CCSCC2)C1. The Balaban J connectivity index is 1.68. The third-order valence-corrected chi connectivity index (χ3v) is 6.07. The van der Waals surface area contributed by atoms with E-state index in [-0.39, 0.29) is 11.6 Å². The van der Waals surface area contributed by atoms with E-state index in [0.717, 1.165) is 32.4 Å². The lowest BCUT2D eigenvalue weighted by molar-refractivity contribution is -0.128. The molecule has 108 valence electrons. The second-order valence-corrected chi connectivity index (χ2v) is 7.45. The predicted octanol–water partition coefficient (Wildman–Crippen LogP) is 2.48. The Hall–Kier alpha value is -0.0600. The topological polar surface area (TPSA) is 29.5 Å². The molecule has 1 spiro atoms. The van der Waals surface area contributed by atoms with Gasteiger partial charge in [0.05, 0.1) is 11.6 Å². The summed E-state index contributed by atoms with van der Waals surface area (Å²) in [7, 11) is 0. The standard InChI is InChI=1S/C15H25NO2S/c17-12-14-3-1-2-7-16(14)13-4-8-18-15(11-13)5-9-19-10-6-15/h12-14H,1-11H2. The van der Waals surface area contributed by atoms with Crippen molar-refractivity contribution in [2.24, 2.45) is 0 Å². The molecule has 3 aliphatic heterocycles. The normalized spacial score (nSPS) is 36.2. The van der Waals surface area contributed by atoms with Crippen molar-refractivity contribution in [2.75, 3.05) is 24.7 Å². The number of aldehydes is 1. The Kier molecular flexibility index (Phi) is 4.50. The van der Waals surface area contributed by atoms with Gasteiger partial charge >= 0.3 is 0 Å². The lowest BCUT2D eigenvalue weighted by atomic mass is 9.83. The Morgan fingerprint density at radius 1 is 1.21 bits per heavy atom. The van der Waals surface area contributed by atoms with Crippen LogP contribution in [0.1, 0.15) is 44.9 Å². The number of likely N-dealkylation sites (tertiary alicyclic amines) is 1. The Bertz CT molecular complexity index is 312. The predicted molar refractivity (Wildman–Crippen MR) is 78.7 cm³/mol. The van der Waals surface area contributed by atoms with Crippen LogP contribution >= 0.6 is 11.8 Å². The Morgan fingerprint density at radius 3 is 2.84 bits per heavy atom. The van der Waals surface area contributed by atoms with Crippen LogP contribution in [0.4, 0.5) is 0 Å². The summed E-state index contributed by atoms with van der Waals surface area (Å²) >= 11 is 2.05. The number of ether oxygens (including phenoxy) is 1. The average Bonchev–Trinajstić information content (AvgIpc) is 2.48. The summed E-state index contributed by atoms with van der Waals surface area (Å²) in [4.78, 5) is 13.8. The molecular weight excluding hydrogens is 258 g/mol. The minimum absolute atomic E-state index is 0.138. The molecule has 0 N–H and O–H groups in total. The van der Waals surface area contributed by atoms with Crippen molar-refractivity contribution < 1.29 is 9.53 Å². The third-order valence-electron chi connectivity index (χ3n) is 5.09. The van der Waals surface area contributed by atoms with Gasteiger partial charge in [-0.05, 0) is 56.6 Å². The fourth-order valence-electron chi connectivity index (χ4n) is 3.96. The molecule has 2 unspecified atom stereocenters. The number of piperidine rings is 1. The number of carbonyl (C=O) groups is 1. The van der Waals surface area contributed by atoms with E-state index in [1.807, 2.05) is 0 Å². The molecule has 3 nitrogen and oxygen atoms in total. The lowest BCUT2D eigenvalue weighted by Gasteiger charge is -2.48. The maximum Gasteiger partial charge on any atom is 0.137 e. The van der Waals surface area contributed by atoms with E-state index in [2.05, 4.69) is 16.7 Å². The van der Waals surface area contributed by atoms with Crippen LogP contribution in [0.5, 0.6) is 0 Å². The molecule has 4 heteroatoms. The maximum absolute atomic E-state index is 11.3. The molecule has 0 aliphatic carbocycles. The molecule has 3 rings (SSSR count). The molecule has 0 aromatic carbocycles. The number of nitrogens with zero attached hydrogens (tertiary/aromatic N) is 1. The second-order valence-electron chi connectivity index (χ2n) is 6.23. The van der Waals surface area contributed by atoms with Gasteiger partial charge in [-0.3, -0.25) is 4.90 Å². The zero-order chi connectivity index (χ0) is 13.1. The number of thioether (sulfide) groups is 1. The quantitative estimate of drug-likeness (QED) is 0.728. The summed E-state index contributed by atoms with van der Waals surface area (Å²) in [5.41, 5.74) is 0.138. The van der Waals surface area contributed by atoms with Gasteiger partial charge in [0.15, 0.2) is 0 Å². The first kappa shape index (κ1) is 13.9. The minimum Gasteiger partial charge on any atom is -0.375 e. The van der Waals surface area contributed by atoms with Gasteiger partial charge < -0.3 is 9.53 Å². The van der Waals surface area contributed by atoms with Crippen LogP contribution < -0.4 is 0 Å². The summed E-state index contributed by atoms with van der Waals surface area (Å²) in [6.07, 6.45) is 9.37. The highest BCUT2D eigenvalue weighted by molar-refractivity contribution is 7.99. The van der Waals surface area contributed by atoms with E-state index in [0.29, 0.717) is 6.04 Å². The molecule has 0 aromatic rings. The Labute approximate surface area is 120 Å². The lowest BCUT2D eigenvalue weighted by Crippen LogP contribution is -2.54. The monoisotopic (exact) mass is 283 g/mol. The number of hydrogen-bond donors (Lipinski definition) is 0. The van der Waals surface area contributed by atoms with Gasteiger partial charge in [-0.15, -0.1) is 0 Å². The van der Waals surface area contributed by atoms with Crippen molar-refractivity contribution in [3.63, 3.8) is 0 Å². The van der Waals surface area contributed by atoms with Gasteiger partial charge in [0, 0.05) is 12.6 Å². The first-order chi connectivity index (χ1) is 9.33. The van der Waals surface area contributed by atoms with Crippen LogP contribution in [0.25, 0.3) is 0 Å². The molecule has 0 bridgehead atoms. The van der Waals surface area contributed by atoms with E-state index in [1.165, 1.54) is 43.5 Å². The summed E-state index contributed by atoms with van der Waals surface area (Å²) in [5, 5.41) is 0. The van der Waals surface area contributed by atoms with Crippen LogP contribution in [0.3, 0.4) is 0 Å². The molecule has 3 saturated heterocycles. The highest BCUT2D eigenvalue weighted by Crippen LogP contribution is 2.39. The first-order valence-electron chi connectivity index (χ1n) is 7.76. The van der Waals surface area contributed by atoms with Gasteiger partial charge in [0.2, 0.25) is 0 Å². The van der Waals surface area contributed by atoms with E-state index in [1.54, 1.807) is 0 Å². The molecule has 0 amide bonds. The highest BCUT2D eigenvalue weighted by atomic mass is 32.2. The molecule has 0 radical (unpaired) electrons. The van der Waals surface area contributed by atoms with Gasteiger partial charge in [-0.2, -0.15) is 11.8 Å². The average molecular weight is 283 g/mol. The third kappa shape index (κ3) is 3.01. The maximum atomic E-state index is 11.3. The van der Waals surface area contributed by atoms with Crippen molar-refractivity contribution in [3.8, 4) is 0 Å². The van der Waals surface area contributed by atoms with E-state index >= 15 is 0 Å². The van der Waals surface area contributed by atoms with Crippen molar-refractivity contribution in [1.29, 1.82) is 0 Å². The number of carbonyl (C=O) groups excluding carboxylic acids is 1. The van der Waals surface area contributed by atoms with Gasteiger partial charge in [0.1, 0.15) is 6.29 Å². The van der Waals surface area contributed by atoms with E-state index in [9.17, 15) is 4.79 Å². The zero-order valence-corrected chi connectivity index (χ0v) is 12.5. The fraction of sp³-hybridized carbons (Fsp3) is 0.933. The van der Waals surface area contributed by atoms with E-state index in [4.69, 9.17) is 4.74 Å². The van der Waals surface area contributed by atoms with Gasteiger partial charge in [0.25, 0.3) is 0 Å². The number of hydrogen-bond acceptors (Lipinski definition) is 4. The van der Waals surface area contributed by atoms with Crippen LogP contribution in [-0.2, 0) is 9.53 Å². The molecular formula is C15H25NO2S. The summed E-state index contributed by atoms with van der Waals surface area (Å²) in [6.45, 7) is 2.00. The van der Waals surface area contributed by atoms with Crippen LogP contribution in [0.15, 0.2) is 0 Å². The number of rotatable bonds is 2. The largest absolute Gasteiger partial charge is 0.375 e. The van der Waals surface area contributed by atoms with Crippen LogP contribution in [0.2, 0.25) is 0 Å².